The molecule has 36 heavy (non-hydrogen) atoms. The van der Waals surface area contributed by atoms with E-state index >= 15 is 0 Å². The Morgan fingerprint density at radius 1 is 0.917 bits per heavy atom. The van der Waals surface area contributed by atoms with Gasteiger partial charge >= 0.3 is 11.9 Å². The van der Waals surface area contributed by atoms with E-state index in [1.807, 2.05) is 60.7 Å². The lowest BCUT2D eigenvalue weighted by atomic mass is 10.0. The molecule has 9 nitrogen and oxygen atoms in total. The lowest BCUT2D eigenvalue weighted by Crippen LogP contribution is -2.42. The summed E-state index contributed by atoms with van der Waals surface area (Å²) in [5.74, 6) is -1.43. The Hall–Kier alpha value is -4.40. The smallest absolute Gasteiger partial charge is 0.328 e. The molecule has 0 aliphatic carbocycles. The molecule has 188 valence electrons. The lowest BCUT2D eigenvalue weighted by Gasteiger charge is -2.27. The summed E-state index contributed by atoms with van der Waals surface area (Å²) in [6.07, 6.45) is 0.0547. The second-order valence-electron chi connectivity index (χ2n) is 7.88. The Morgan fingerprint density at radius 3 is 2.17 bits per heavy atom. The van der Waals surface area contributed by atoms with Crippen LogP contribution in [-0.4, -0.2) is 42.1 Å². The molecular weight excluding hydrogens is 464 g/mol. The number of pyridine rings is 1. The van der Waals surface area contributed by atoms with Gasteiger partial charge in [0, 0.05) is 19.2 Å². The van der Waals surface area contributed by atoms with Crippen LogP contribution in [0.5, 0.6) is 17.2 Å². The lowest BCUT2D eigenvalue weighted by molar-refractivity contribution is -0.154. The van der Waals surface area contributed by atoms with Gasteiger partial charge in [-0.25, -0.2) is 9.78 Å². The van der Waals surface area contributed by atoms with Crippen LogP contribution in [0.4, 0.5) is 0 Å². The Balaban J connectivity index is 1.72. The van der Waals surface area contributed by atoms with E-state index in [0.717, 1.165) is 5.56 Å². The number of ether oxygens (including phenoxy) is 4. The van der Waals surface area contributed by atoms with Crippen molar-refractivity contribution in [3.8, 4) is 17.2 Å². The number of carbonyl (C=O) groups excluding carboxylic acids is 3. The third kappa shape index (κ3) is 6.82. The Morgan fingerprint density at radius 2 is 1.56 bits per heavy atom. The number of hydrogen-bond acceptors (Lipinski definition) is 8. The monoisotopic (exact) mass is 492 g/mol. The van der Waals surface area contributed by atoms with Gasteiger partial charge in [0.15, 0.2) is 17.5 Å². The molecule has 0 fully saturated rings. The standard InChI is InChI=1S/C27H28N2O7/c1-17(29-26(31)23-25(35-19(3)30)22(33-4)15-16-28-23)27(32)34-18(2)24(20-11-7-5-8-12-20)36-21-13-9-6-10-14-21/h5-18,24H,1-4H3,(H,29,31)/t17-,18-,24-/m0/s1. The first-order valence-corrected chi connectivity index (χ1v) is 11.3. The third-order valence-electron chi connectivity index (χ3n) is 5.11. The van der Waals surface area contributed by atoms with Crippen molar-refractivity contribution in [2.45, 2.75) is 39.0 Å². The highest BCUT2D eigenvalue weighted by atomic mass is 16.6. The maximum atomic E-state index is 12.9. The number of amides is 1. The van der Waals surface area contributed by atoms with Crippen LogP contribution in [-0.2, 0) is 14.3 Å². The summed E-state index contributed by atoms with van der Waals surface area (Å²) in [7, 11) is 1.37. The van der Waals surface area contributed by atoms with Crippen LogP contribution in [0.1, 0.15) is 42.9 Å². The predicted molar refractivity (Wildman–Crippen MR) is 131 cm³/mol. The number of carbonyl (C=O) groups is 3. The molecule has 3 rings (SSSR count). The van der Waals surface area contributed by atoms with Crippen molar-refractivity contribution in [3.63, 3.8) is 0 Å². The van der Waals surface area contributed by atoms with E-state index in [0.29, 0.717) is 5.75 Å². The van der Waals surface area contributed by atoms with Crippen LogP contribution in [0.3, 0.4) is 0 Å². The van der Waals surface area contributed by atoms with Gasteiger partial charge in [-0.3, -0.25) is 9.59 Å². The molecule has 0 bridgehead atoms. The van der Waals surface area contributed by atoms with E-state index in [-0.39, 0.29) is 17.2 Å². The fourth-order valence-corrected chi connectivity index (χ4v) is 3.39. The fraction of sp³-hybridized carbons (Fsp3) is 0.259. The number of hydrogen-bond donors (Lipinski definition) is 1. The minimum atomic E-state index is -1.04. The summed E-state index contributed by atoms with van der Waals surface area (Å²) in [4.78, 5) is 41.2. The van der Waals surface area contributed by atoms with Crippen LogP contribution < -0.4 is 19.5 Å². The predicted octanol–water partition coefficient (Wildman–Crippen LogP) is 3.89. The molecule has 0 spiro atoms. The van der Waals surface area contributed by atoms with Gasteiger partial charge < -0.3 is 24.3 Å². The van der Waals surface area contributed by atoms with Crippen LogP contribution in [0.2, 0.25) is 0 Å². The molecule has 3 atom stereocenters. The van der Waals surface area contributed by atoms with E-state index in [2.05, 4.69) is 10.3 Å². The van der Waals surface area contributed by atoms with Gasteiger partial charge in [-0.2, -0.15) is 0 Å². The number of nitrogens with zero attached hydrogens (tertiary/aromatic N) is 1. The zero-order chi connectivity index (χ0) is 26.1. The summed E-state index contributed by atoms with van der Waals surface area (Å²) in [6.45, 7) is 4.39. The second kappa shape index (κ2) is 12.3. The highest BCUT2D eigenvalue weighted by Gasteiger charge is 2.29. The summed E-state index contributed by atoms with van der Waals surface area (Å²) >= 11 is 0. The van der Waals surface area contributed by atoms with Crippen molar-refractivity contribution < 1.29 is 33.3 Å². The van der Waals surface area contributed by atoms with Crippen molar-refractivity contribution in [2.75, 3.05) is 7.11 Å². The summed E-state index contributed by atoms with van der Waals surface area (Å²) < 4.78 is 22.1. The van der Waals surface area contributed by atoms with Gasteiger partial charge in [0.05, 0.1) is 7.11 Å². The maximum absolute atomic E-state index is 12.9. The largest absolute Gasteiger partial charge is 0.493 e. The SMILES string of the molecule is COc1ccnc(C(=O)N[C@@H](C)C(=O)O[C@@H](C)[C@H](Oc2ccccc2)c2ccccc2)c1OC(C)=O. The van der Waals surface area contributed by atoms with E-state index in [4.69, 9.17) is 18.9 Å². The highest BCUT2D eigenvalue weighted by Crippen LogP contribution is 2.30. The van der Waals surface area contributed by atoms with Crippen molar-refractivity contribution in [3.05, 3.63) is 84.2 Å². The molecule has 0 radical (unpaired) electrons. The first-order valence-electron chi connectivity index (χ1n) is 11.3. The molecule has 0 aliphatic rings. The van der Waals surface area contributed by atoms with Gasteiger partial charge in [0.2, 0.25) is 5.75 Å². The maximum Gasteiger partial charge on any atom is 0.328 e. The number of methoxy groups -OCH3 is 1. The molecule has 0 saturated heterocycles. The Kier molecular flexibility index (Phi) is 8.99. The number of aromatic nitrogens is 1. The van der Waals surface area contributed by atoms with E-state index in [9.17, 15) is 14.4 Å². The van der Waals surface area contributed by atoms with Crippen LogP contribution in [0, 0.1) is 0 Å². The Bertz CT molecular complexity index is 1190. The molecule has 9 heteroatoms. The molecule has 2 aromatic carbocycles. The molecular formula is C27H28N2O7. The number of esters is 2. The first-order chi connectivity index (χ1) is 17.3. The quantitative estimate of drug-likeness (QED) is 0.424. The van der Waals surface area contributed by atoms with Crippen molar-refractivity contribution in [1.29, 1.82) is 0 Å². The number of nitrogens with one attached hydrogen (secondary N) is 1. The molecule has 1 aromatic heterocycles. The first kappa shape index (κ1) is 26.2. The number of para-hydroxylation sites is 1. The summed E-state index contributed by atoms with van der Waals surface area (Å²) in [5, 5.41) is 2.53. The minimum absolute atomic E-state index is 0.140. The summed E-state index contributed by atoms with van der Waals surface area (Å²) in [5.41, 5.74) is 0.622. The van der Waals surface area contributed by atoms with Crippen LogP contribution >= 0.6 is 0 Å². The van der Waals surface area contributed by atoms with E-state index < -0.39 is 36.1 Å². The van der Waals surface area contributed by atoms with Gasteiger partial charge in [-0.05, 0) is 31.5 Å². The zero-order valence-electron chi connectivity index (χ0n) is 20.5. The fourth-order valence-electron chi connectivity index (χ4n) is 3.39. The molecule has 0 saturated carbocycles. The molecule has 1 amide bonds. The molecule has 1 heterocycles. The minimum Gasteiger partial charge on any atom is -0.493 e. The van der Waals surface area contributed by atoms with Crippen molar-refractivity contribution in [1.82, 2.24) is 10.3 Å². The molecule has 3 aromatic rings. The van der Waals surface area contributed by atoms with Gasteiger partial charge in [0.1, 0.15) is 17.9 Å². The highest BCUT2D eigenvalue weighted by molar-refractivity contribution is 5.98. The number of benzene rings is 2. The van der Waals surface area contributed by atoms with E-state index in [1.165, 1.54) is 33.2 Å². The third-order valence-corrected chi connectivity index (χ3v) is 5.11. The van der Waals surface area contributed by atoms with Crippen LogP contribution in [0.15, 0.2) is 72.9 Å². The average molecular weight is 493 g/mol. The summed E-state index contributed by atoms with van der Waals surface area (Å²) in [6, 6.07) is 19.0. The molecule has 0 aliphatic heterocycles. The van der Waals surface area contributed by atoms with Crippen molar-refractivity contribution >= 4 is 17.8 Å². The van der Waals surface area contributed by atoms with Gasteiger partial charge in [0.25, 0.3) is 5.91 Å². The second-order valence-corrected chi connectivity index (χ2v) is 7.88. The molecule has 0 unspecified atom stereocenters. The normalized spacial score (nSPS) is 13.0. The topological polar surface area (TPSA) is 113 Å². The van der Waals surface area contributed by atoms with Gasteiger partial charge in [-0.1, -0.05) is 48.5 Å². The van der Waals surface area contributed by atoms with Crippen LogP contribution in [0.25, 0.3) is 0 Å². The van der Waals surface area contributed by atoms with Crippen molar-refractivity contribution in [2.24, 2.45) is 0 Å². The van der Waals surface area contributed by atoms with E-state index in [1.54, 1.807) is 6.92 Å². The van der Waals surface area contributed by atoms with Gasteiger partial charge in [-0.15, -0.1) is 0 Å². The zero-order valence-corrected chi connectivity index (χ0v) is 20.5. The number of rotatable bonds is 10. The average Bonchev–Trinajstić information content (AvgIpc) is 2.88. The molecule has 1 N–H and O–H groups in total. The Labute approximate surface area is 209 Å².